The number of amides is 1. The maximum Gasteiger partial charge on any atom is 0.335 e. The molecule has 0 aliphatic carbocycles. The first-order valence-corrected chi connectivity index (χ1v) is 7.40. The van der Waals surface area contributed by atoms with Crippen molar-refractivity contribution in [2.75, 3.05) is 5.32 Å². The fourth-order valence-corrected chi connectivity index (χ4v) is 2.36. The molecular formula is C16H13BrFNO3. The second-order valence-corrected chi connectivity index (χ2v) is 5.74. The first kappa shape index (κ1) is 16.2. The van der Waals surface area contributed by atoms with Gasteiger partial charge in [-0.1, -0.05) is 40.2 Å². The van der Waals surface area contributed by atoms with Gasteiger partial charge in [-0.25, -0.2) is 9.18 Å². The van der Waals surface area contributed by atoms with Gasteiger partial charge in [0.15, 0.2) is 0 Å². The SMILES string of the molecule is O=C(O)c1cccc(NC(=O)C(Br)Cc2ccccc2F)c1. The number of carboxylic acids is 1. The quantitative estimate of drug-likeness (QED) is 0.797. The summed E-state index contributed by atoms with van der Waals surface area (Å²) in [5.74, 6) is -1.81. The molecule has 0 aromatic heterocycles. The molecule has 0 spiro atoms. The first-order chi connectivity index (χ1) is 10.5. The highest BCUT2D eigenvalue weighted by molar-refractivity contribution is 9.10. The van der Waals surface area contributed by atoms with Crippen LogP contribution in [0.5, 0.6) is 0 Å². The third-order valence-electron chi connectivity index (χ3n) is 3.02. The minimum atomic E-state index is -1.07. The number of aromatic carboxylic acids is 1. The van der Waals surface area contributed by atoms with E-state index in [9.17, 15) is 14.0 Å². The molecule has 0 bridgehead atoms. The lowest BCUT2D eigenvalue weighted by Gasteiger charge is -2.12. The number of carbonyl (C=O) groups is 2. The van der Waals surface area contributed by atoms with Crippen molar-refractivity contribution in [1.82, 2.24) is 0 Å². The van der Waals surface area contributed by atoms with Gasteiger partial charge in [0.05, 0.1) is 10.4 Å². The Kier molecular flexibility index (Phi) is 5.27. The Morgan fingerprint density at radius 2 is 1.91 bits per heavy atom. The molecule has 0 heterocycles. The number of halogens is 2. The minimum absolute atomic E-state index is 0.0815. The van der Waals surface area contributed by atoms with Gasteiger partial charge in [-0.2, -0.15) is 0 Å². The molecule has 0 saturated carbocycles. The van der Waals surface area contributed by atoms with Crippen LogP contribution >= 0.6 is 15.9 Å². The molecule has 0 aliphatic rings. The minimum Gasteiger partial charge on any atom is -0.478 e. The number of alkyl halides is 1. The van der Waals surface area contributed by atoms with Crippen molar-refractivity contribution >= 4 is 33.5 Å². The summed E-state index contributed by atoms with van der Waals surface area (Å²) in [6, 6.07) is 12.2. The van der Waals surface area contributed by atoms with E-state index in [1.54, 1.807) is 30.3 Å². The highest BCUT2D eigenvalue weighted by atomic mass is 79.9. The van der Waals surface area contributed by atoms with Crippen molar-refractivity contribution in [3.63, 3.8) is 0 Å². The van der Waals surface area contributed by atoms with Crippen LogP contribution in [0.4, 0.5) is 10.1 Å². The van der Waals surface area contributed by atoms with Crippen molar-refractivity contribution < 1.29 is 19.1 Å². The molecule has 0 aliphatic heterocycles. The smallest absolute Gasteiger partial charge is 0.335 e. The van der Waals surface area contributed by atoms with E-state index in [0.29, 0.717) is 11.3 Å². The Morgan fingerprint density at radius 3 is 2.59 bits per heavy atom. The molecular weight excluding hydrogens is 353 g/mol. The van der Waals surface area contributed by atoms with Gasteiger partial charge in [-0.3, -0.25) is 4.79 Å². The molecule has 2 N–H and O–H groups in total. The zero-order valence-corrected chi connectivity index (χ0v) is 13.0. The predicted octanol–water partition coefficient (Wildman–Crippen LogP) is 3.47. The second kappa shape index (κ2) is 7.17. The second-order valence-electron chi connectivity index (χ2n) is 4.64. The van der Waals surface area contributed by atoms with E-state index in [4.69, 9.17) is 5.11 Å². The Bertz CT molecular complexity index is 705. The van der Waals surface area contributed by atoms with E-state index < -0.39 is 10.8 Å². The maximum absolute atomic E-state index is 13.6. The van der Waals surface area contributed by atoms with Crippen LogP contribution in [0, 0.1) is 5.82 Å². The maximum atomic E-state index is 13.6. The fourth-order valence-electron chi connectivity index (χ4n) is 1.90. The molecule has 2 aromatic rings. The van der Waals surface area contributed by atoms with E-state index in [2.05, 4.69) is 21.2 Å². The summed E-state index contributed by atoms with van der Waals surface area (Å²) in [7, 11) is 0. The number of anilines is 1. The largest absolute Gasteiger partial charge is 0.478 e. The number of rotatable bonds is 5. The Balaban J connectivity index is 2.04. The zero-order valence-electron chi connectivity index (χ0n) is 11.4. The van der Waals surface area contributed by atoms with Crippen molar-refractivity contribution in [3.8, 4) is 0 Å². The molecule has 114 valence electrons. The van der Waals surface area contributed by atoms with Gasteiger partial charge >= 0.3 is 5.97 Å². The summed E-state index contributed by atoms with van der Waals surface area (Å²) in [6.07, 6.45) is 0.192. The van der Waals surface area contributed by atoms with Crippen molar-refractivity contribution in [1.29, 1.82) is 0 Å². The third-order valence-corrected chi connectivity index (χ3v) is 3.76. The molecule has 6 heteroatoms. The lowest BCUT2D eigenvalue weighted by atomic mass is 10.1. The molecule has 1 unspecified atom stereocenters. The molecule has 2 aromatic carbocycles. The number of carbonyl (C=O) groups excluding carboxylic acids is 1. The van der Waals surface area contributed by atoms with Crippen molar-refractivity contribution in [2.24, 2.45) is 0 Å². The van der Waals surface area contributed by atoms with Crippen LogP contribution in [0.1, 0.15) is 15.9 Å². The van der Waals surface area contributed by atoms with E-state index >= 15 is 0 Å². The third kappa shape index (κ3) is 4.14. The van der Waals surface area contributed by atoms with Gasteiger partial charge in [-0.05, 0) is 36.2 Å². The Morgan fingerprint density at radius 1 is 1.18 bits per heavy atom. The van der Waals surface area contributed by atoms with Crippen LogP contribution in [0.15, 0.2) is 48.5 Å². The number of benzene rings is 2. The highest BCUT2D eigenvalue weighted by Crippen LogP contribution is 2.17. The molecule has 1 amide bonds. The molecule has 22 heavy (non-hydrogen) atoms. The van der Waals surface area contributed by atoms with Crippen LogP contribution in [0.2, 0.25) is 0 Å². The van der Waals surface area contributed by atoms with Crippen LogP contribution in [0.25, 0.3) is 0 Å². The normalized spacial score (nSPS) is 11.7. The number of nitrogens with one attached hydrogen (secondary N) is 1. The molecule has 2 rings (SSSR count). The van der Waals surface area contributed by atoms with Crippen LogP contribution in [-0.4, -0.2) is 21.8 Å². The summed E-state index contributed by atoms with van der Waals surface area (Å²) >= 11 is 3.22. The van der Waals surface area contributed by atoms with Crippen LogP contribution in [0.3, 0.4) is 0 Å². The molecule has 0 fully saturated rings. The summed E-state index contributed by atoms with van der Waals surface area (Å²) in [5.41, 5.74) is 0.889. The van der Waals surface area contributed by atoms with E-state index in [-0.39, 0.29) is 23.7 Å². The van der Waals surface area contributed by atoms with E-state index in [1.807, 2.05) is 0 Å². The topological polar surface area (TPSA) is 66.4 Å². The predicted molar refractivity (Wildman–Crippen MR) is 84.9 cm³/mol. The van der Waals surface area contributed by atoms with Gasteiger partial charge in [-0.15, -0.1) is 0 Å². The first-order valence-electron chi connectivity index (χ1n) is 6.49. The summed E-state index contributed by atoms with van der Waals surface area (Å²) in [4.78, 5) is 22.3. The highest BCUT2D eigenvalue weighted by Gasteiger charge is 2.17. The number of hydrogen-bond donors (Lipinski definition) is 2. The lowest BCUT2D eigenvalue weighted by Crippen LogP contribution is -2.25. The van der Waals surface area contributed by atoms with Gasteiger partial charge < -0.3 is 10.4 Å². The van der Waals surface area contributed by atoms with Crippen LogP contribution < -0.4 is 5.32 Å². The fraction of sp³-hybridized carbons (Fsp3) is 0.125. The van der Waals surface area contributed by atoms with Gasteiger partial charge in [0.25, 0.3) is 0 Å². The number of carboxylic acid groups (broad SMARTS) is 1. The molecule has 4 nitrogen and oxygen atoms in total. The van der Waals surface area contributed by atoms with Crippen LogP contribution in [-0.2, 0) is 11.2 Å². The van der Waals surface area contributed by atoms with Crippen molar-refractivity contribution in [3.05, 3.63) is 65.5 Å². The van der Waals surface area contributed by atoms with Gasteiger partial charge in [0.1, 0.15) is 5.82 Å². The Labute approximate surface area is 135 Å². The summed E-state index contributed by atoms with van der Waals surface area (Å²) in [5, 5.41) is 11.5. The van der Waals surface area contributed by atoms with E-state index in [0.717, 1.165) is 0 Å². The van der Waals surface area contributed by atoms with Gasteiger partial charge in [0, 0.05) is 5.69 Å². The van der Waals surface area contributed by atoms with E-state index in [1.165, 1.54) is 18.2 Å². The molecule has 1 atom stereocenters. The Hall–Kier alpha value is -2.21. The average molecular weight is 366 g/mol. The van der Waals surface area contributed by atoms with Crippen molar-refractivity contribution in [2.45, 2.75) is 11.2 Å². The molecule has 0 radical (unpaired) electrons. The van der Waals surface area contributed by atoms with Gasteiger partial charge in [0.2, 0.25) is 5.91 Å². The number of hydrogen-bond acceptors (Lipinski definition) is 2. The summed E-state index contributed by atoms with van der Waals surface area (Å²) in [6.45, 7) is 0. The standard InChI is InChI=1S/C16H13BrFNO3/c17-13(9-10-4-1-2-7-14(10)18)15(20)19-12-6-3-5-11(8-12)16(21)22/h1-8,13H,9H2,(H,19,20)(H,21,22). The summed E-state index contributed by atoms with van der Waals surface area (Å²) < 4.78 is 13.6. The monoisotopic (exact) mass is 365 g/mol. The lowest BCUT2D eigenvalue weighted by molar-refractivity contribution is -0.115. The molecule has 0 saturated heterocycles. The average Bonchev–Trinajstić information content (AvgIpc) is 2.49. The zero-order chi connectivity index (χ0) is 16.1.